The summed E-state index contributed by atoms with van der Waals surface area (Å²) in [5, 5.41) is 11.8. The number of rotatable bonds is 11. The maximum atomic E-state index is 12.6. The van der Waals surface area contributed by atoms with Crippen molar-refractivity contribution in [2.75, 3.05) is 19.8 Å². The van der Waals surface area contributed by atoms with Crippen molar-refractivity contribution in [3.8, 4) is 5.75 Å². The number of hydrogen-bond acceptors (Lipinski definition) is 6. The van der Waals surface area contributed by atoms with Gasteiger partial charge in [0, 0.05) is 23.1 Å². The van der Waals surface area contributed by atoms with E-state index in [1.807, 2.05) is 0 Å². The molecule has 34 heavy (non-hydrogen) atoms. The SMILES string of the molecule is O=C(NO)c1ccc(OCCCCNC(=O)c2oc3ccccc3c2COCC(F)(F)F)cc1. The van der Waals surface area contributed by atoms with Gasteiger partial charge in [0.2, 0.25) is 0 Å². The van der Waals surface area contributed by atoms with Crippen molar-refractivity contribution < 1.29 is 41.9 Å². The Morgan fingerprint density at radius 1 is 1.00 bits per heavy atom. The van der Waals surface area contributed by atoms with E-state index < -0.39 is 31.2 Å². The molecule has 0 radical (unpaired) electrons. The fourth-order valence-electron chi connectivity index (χ4n) is 3.16. The van der Waals surface area contributed by atoms with E-state index in [0.717, 1.165) is 0 Å². The number of fused-ring (bicyclic) bond motifs is 1. The number of carbonyl (C=O) groups excluding carboxylic acids is 2. The molecule has 3 rings (SSSR count). The van der Waals surface area contributed by atoms with Crippen LogP contribution in [-0.4, -0.2) is 43.0 Å². The van der Waals surface area contributed by atoms with Crippen LogP contribution < -0.4 is 15.5 Å². The fraction of sp³-hybridized carbons (Fsp3) is 0.304. The molecule has 0 unspecified atom stereocenters. The van der Waals surface area contributed by atoms with E-state index in [9.17, 15) is 22.8 Å². The lowest BCUT2D eigenvalue weighted by Crippen LogP contribution is -2.25. The lowest BCUT2D eigenvalue weighted by Gasteiger charge is -2.09. The summed E-state index contributed by atoms with van der Waals surface area (Å²) in [7, 11) is 0. The molecule has 0 fully saturated rings. The molecule has 3 aromatic rings. The standard InChI is InChI=1S/C23H23F3N2O6/c24-23(25,26)14-32-13-18-17-5-1-2-6-19(17)34-20(18)22(30)27-11-3-4-12-33-16-9-7-15(8-10-16)21(29)28-31/h1-2,5-10,31H,3-4,11-14H2,(H,27,30)(H,28,29). The summed E-state index contributed by atoms with van der Waals surface area (Å²) in [6.45, 7) is -1.17. The minimum atomic E-state index is -4.47. The van der Waals surface area contributed by atoms with Crippen LogP contribution in [0.1, 0.15) is 39.3 Å². The highest BCUT2D eigenvalue weighted by atomic mass is 19.4. The average Bonchev–Trinajstić information content (AvgIpc) is 3.19. The lowest BCUT2D eigenvalue weighted by molar-refractivity contribution is -0.176. The van der Waals surface area contributed by atoms with E-state index in [0.29, 0.717) is 42.7 Å². The molecule has 182 valence electrons. The molecule has 0 spiro atoms. The number of unbranched alkanes of at least 4 members (excludes halogenated alkanes) is 1. The summed E-state index contributed by atoms with van der Waals surface area (Å²) in [4.78, 5) is 23.9. The van der Waals surface area contributed by atoms with Gasteiger partial charge in [0.05, 0.1) is 13.2 Å². The molecular formula is C23H23F3N2O6. The predicted molar refractivity (Wildman–Crippen MR) is 115 cm³/mol. The van der Waals surface area contributed by atoms with E-state index in [-0.39, 0.29) is 16.9 Å². The molecule has 2 aromatic carbocycles. The van der Waals surface area contributed by atoms with E-state index in [4.69, 9.17) is 19.1 Å². The summed E-state index contributed by atoms with van der Waals surface area (Å²) >= 11 is 0. The Morgan fingerprint density at radius 3 is 2.44 bits per heavy atom. The largest absolute Gasteiger partial charge is 0.494 e. The molecule has 2 amide bonds. The second-order valence-corrected chi connectivity index (χ2v) is 7.29. The Morgan fingerprint density at radius 2 is 1.74 bits per heavy atom. The van der Waals surface area contributed by atoms with Crippen LogP contribution in [-0.2, 0) is 11.3 Å². The Hall–Kier alpha value is -3.57. The minimum absolute atomic E-state index is 0.0772. The summed E-state index contributed by atoms with van der Waals surface area (Å²) < 4.78 is 53.2. The third-order valence-corrected chi connectivity index (χ3v) is 4.76. The van der Waals surface area contributed by atoms with Crippen molar-refractivity contribution in [1.29, 1.82) is 0 Å². The van der Waals surface area contributed by atoms with Gasteiger partial charge in [-0.05, 0) is 43.2 Å². The van der Waals surface area contributed by atoms with Crippen LogP contribution in [0.3, 0.4) is 0 Å². The molecule has 0 aliphatic heterocycles. The van der Waals surface area contributed by atoms with E-state index in [1.165, 1.54) is 12.1 Å². The number of hydrogen-bond donors (Lipinski definition) is 3. The molecule has 1 heterocycles. The van der Waals surface area contributed by atoms with Crippen molar-refractivity contribution in [2.45, 2.75) is 25.6 Å². The third-order valence-electron chi connectivity index (χ3n) is 4.76. The number of furan rings is 1. The molecule has 0 saturated heterocycles. The second kappa shape index (κ2) is 11.5. The number of hydroxylamine groups is 1. The highest BCUT2D eigenvalue weighted by Gasteiger charge is 2.28. The summed E-state index contributed by atoms with van der Waals surface area (Å²) in [5.41, 5.74) is 2.47. The number of benzene rings is 2. The molecule has 0 bridgehead atoms. The normalized spacial score (nSPS) is 11.4. The monoisotopic (exact) mass is 480 g/mol. The highest BCUT2D eigenvalue weighted by molar-refractivity contribution is 5.99. The molecule has 1 aromatic heterocycles. The van der Waals surface area contributed by atoms with Crippen LogP contribution in [0.2, 0.25) is 0 Å². The first kappa shape index (κ1) is 25.1. The maximum absolute atomic E-state index is 12.6. The molecule has 3 N–H and O–H groups in total. The van der Waals surface area contributed by atoms with E-state index in [1.54, 1.807) is 41.9 Å². The van der Waals surface area contributed by atoms with Crippen molar-refractivity contribution in [3.63, 3.8) is 0 Å². The molecule has 0 aliphatic rings. The zero-order valence-electron chi connectivity index (χ0n) is 18.0. The topological polar surface area (TPSA) is 110 Å². The van der Waals surface area contributed by atoms with Gasteiger partial charge in [-0.1, -0.05) is 18.2 Å². The van der Waals surface area contributed by atoms with Gasteiger partial charge in [0.1, 0.15) is 17.9 Å². The number of ether oxygens (including phenoxy) is 2. The number of nitrogens with one attached hydrogen (secondary N) is 2. The van der Waals surface area contributed by atoms with Crippen LogP contribution in [0.4, 0.5) is 13.2 Å². The first-order valence-electron chi connectivity index (χ1n) is 10.4. The van der Waals surface area contributed by atoms with Crippen LogP contribution >= 0.6 is 0 Å². The molecule has 8 nitrogen and oxygen atoms in total. The molecule has 0 aliphatic carbocycles. The van der Waals surface area contributed by atoms with Crippen LogP contribution in [0.5, 0.6) is 5.75 Å². The first-order chi connectivity index (χ1) is 16.3. The number of para-hydroxylation sites is 1. The summed E-state index contributed by atoms with van der Waals surface area (Å²) in [6, 6.07) is 12.9. The maximum Gasteiger partial charge on any atom is 0.411 e. The molecule has 11 heteroatoms. The van der Waals surface area contributed by atoms with E-state index in [2.05, 4.69) is 5.32 Å². The van der Waals surface area contributed by atoms with Gasteiger partial charge in [-0.25, -0.2) is 5.48 Å². The van der Waals surface area contributed by atoms with Gasteiger partial charge < -0.3 is 19.2 Å². The average molecular weight is 480 g/mol. The van der Waals surface area contributed by atoms with Gasteiger partial charge >= 0.3 is 6.18 Å². The van der Waals surface area contributed by atoms with Crippen LogP contribution in [0.15, 0.2) is 52.9 Å². The smallest absolute Gasteiger partial charge is 0.411 e. The van der Waals surface area contributed by atoms with Crippen molar-refractivity contribution in [1.82, 2.24) is 10.8 Å². The molecular weight excluding hydrogens is 457 g/mol. The highest BCUT2D eigenvalue weighted by Crippen LogP contribution is 2.27. The number of halogens is 3. The number of carbonyl (C=O) groups is 2. The van der Waals surface area contributed by atoms with Gasteiger partial charge in [0.15, 0.2) is 5.76 Å². The third kappa shape index (κ3) is 6.96. The van der Waals surface area contributed by atoms with Gasteiger partial charge in [-0.2, -0.15) is 13.2 Å². The molecule has 0 saturated carbocycles. The molecule has 0 atom stereocenters. The fourth-order valence-corrected chi connectivity index (χ4v) is 3.16. The zero-order valence-corrected chi connectivity index (χ0v) is 18.0. The van der Waals surface area contributed by atoms with Crippen molar-refractivity contribution in [3.05, 3.63) is 65.4 Å². The first-order valence-corrected chi connectivity index (χ1v) is 10.4. The van der Waals surface area contributed by atoms with Crippen molar-refractivity contribution >= 4 is 22.8 Å². The summed E-state index contributed by atoms with van der Waals surface area (Å²) in [6.07, 6.45) is -3.28. The van der Waals surface area contributed by atoms with Crippen LogP contribution in [0, 0.1) is 0 Å². The van der Waals surface area contributed by atoms with Crippen molar-refractivity contribution in [2.24, 2.45) is 0 Å². The summed E-state index contributed by atoms with van der Waals surface area (Å²) in [5.74, 6) is -0.696. The van der Waals surface area contributed by atoms with Gasteiger partial charge in [0.25, 0.3) is 11.8 Å². The number of amides is 2. The Balaban J connectivity index is 1.47. The lowest BCUT2D eigenvalue weighted by atomic mass is 10.1. The Bertz CT molecular complexity index is 1110. The Labute approximate surface area is 192 Å². The predicted octanol–water partition coefficient (Wildman–Crippen LogP) is 4.22. The van der Waals surface area contributed by atoms with Gasteiger partial charge in [-0.3, -0.25) is 14.8 Å². The quantitative estimate of drug-likeness (QED) is 0.215. The van der Waals surface area contributed by atoms with Gasteiger partial charge in [-0.15, -0.1) is 0 Å². The zero-order chi connectivity index (χ0) is 24.6. The second-order valence-electron chi connectivity index (χ2n) is 7.29. The Kier molecular flexibility index (Phi) is 8.50. The van der Waals surface area contributed by atoms with E-state index >= 15 is 0 Å². The van der Waals surface area contributed by atoms with Crippen LogP contribution in [0.25, 0.3) is 11.0 Å². The number of alkyl halides is 3. The minimum Gasteiger partial charge on any atom is -0.494 e.